The number of carbonyl (C=O) groups excluding carboxylic acids is 1. The molecule has 1 saturated carbocycles. The van der Waals surface area contributed by atoms with Crippen LogP contribution in [0.2, 0.25) is 0 Å². The minimum atomic E-state index is 0. The van der Waals surface area contributed by atoms with Crippen LogP contribution in [0.5, 0.6) is 0 Å². The normalized spacial score (nSPS) is 20.4. The standard InChI is InChI=1S/C18H31N7O.HI/c1-13-20-16-10-9-15(12-25(16)23-13)22-18(19-11-17(26)24(2)3)21-14-7-5-4-6-8-14;/h14-15H,4-12H2,1-3H3,(H2,19,21,22);1H. The fourth-order valence-electron chi connectivity index (χ4n) is 3.61. The summed E-state index contributed by atoms with van der Waals surface area (Å²) in [4.78, 5) is 22.5. The van der Waals surface area contributed by atoms with Crippen LogP contribution in [-0.2, 0) is 17.8 Å². The van der Waals surface area contributed by atoms with Gasteiger partial charge in [0.1, 0.15) is 18.2 Å². The molecular weight excluding hydrogens is 457 g/mol. The molecule has 8 nitrogen and oxygen atoms in total. The predicted molar refractivity (Wildman–Crippen MR) is 116 cm³/mol. The molecule has 1 aliphatic heterocycles. The largest absolute Gasteiger partial charge is 0.354 e. The van der Waals surface area contributed by atoms with Gasteiger partial charge >= 0.3 is 0 Å². The van der Waals surface area contributed by atoms with E-state index in [1.54, 1.807) is 19.0 Å². The highest BCUT2D eigenvalue weighted by atomic mass is 127. The van der Waals surface area contributed by atoms with Gasteiger partial charge in [0.15, 0.2) is 5.96 Å². The number of carbonyl (C=O) groups is 1. The lowest BCUT2D eigenvalue weighted by Crippen LogP contribution is -2.50. The van der Waals surface area contributed by atoms with Gasteiger partial charge in [-0.15, -0.1) is 24.0 Å². The summed E-state index contributed by atoms with van der Waals surface area (Å²) in [6.07, 6.45) is 8.06. The van der Waals surface area contributed by atoms with Crippen molar-refractivity contribution in [3.05, 3.63) is 11.6 Å². The van der Waals surface area contributed by atoms with Gasteiger partial charge in [-0.25, -0.2) is 14.7 Å². The molecule has 1 fully saturated rings. The molecule has 1 aromatic rings. The average molecular weight is 489 g/mol. The lowest BCUT2D eigenvalue weighted by atomic mass is 9.96. The van der Waals surface area contributed by atoms with Crippen LogP contribution in [0, 0.1) is 6.92 Å². The number of amides is 1. The van der Waals surface area contributed by atoms with Crippen molar-refractivity contribution < 1.29 is 4.79 Å². The third kappa shape index (κ3) is 6.32. The van der Waals surface area contributed by atoms with Crippen molar-refractivity contribution in [3.8, 4) is 0 Å². The van der Waals surface area contributed by atoms with Gasteiger partial charge in [-0.1, -0.05) is 19.3 Å². The number of halogens is 1. The predicted octanol–water partition coefficient (Wildman–Crippen LogP) is 1.48. The molecule has 0 radical (unpaired) electrons. The van der Waals surface area contributed by atoms with E-state index in [9.17, 15) is 4.79 Å². The fourth-order valence-corrected chi connectivity index (χ4v) is 3.61. The maximum absolute atomic E-state index is 11.9. The first-order chi connectivity index (χ1) is 12.5. The molecule has 1 unspecified atom stereocenters. The van der Waals surface area contributed by atoms with Crippen LogP contribution in [0.25, 0.3) is 0 Å². The number of aryl methyl sites for hydroxylation is 2. The zero-order valence-corrected chi connectivity index (χ0v) is 18.9. The molecule has 9 heteroatoms. The average Bonchev–Trinajstić information content (AvgIpc) is 2.99. The lowest BCUT2D eigenvalue weighted by molar-refractivity contribution is -0.127. The summed E-state index contributed by atoms with van der Waals surface area (Å²) in [7, 11) is 3.52. The van der Waals surface area contributed by atoms with Crippen LogP contribution < -0.4 is 10.6 Å². The fraction of sp³-hybridized carbons (Fsp3) is 0.778. The van der Waals surface area contributed by atoms with Crippen LogP contribution in [0.1, 0.15) is 50.2 Å². The van der Waals surface area contributed by atoms with E-state index >= 15 is 0 Å². The summed E-state index contributed by atoms with van der Waals surface area (Å²) in [5, 5.41) is 11.5. The molecule has 152 valence electrons. The minimum Gasteiger partial charge on any atom is -0.354 e. The molecule has 1 amide bonds. The van der Waals surface area contributed by atoms with Crippen molar-refractivity contribution in [1.82, 2.24) is 30.3 Å². The molecule has 3 rings (SSSR count). The molecule has 0 spiro atoms. The Kier molecular flexibility index (Phi) is 8.30. The molecule has 2 N–H and O–H groups in total. The van der Waals surface area contributed by atoms with E-state index in [2.05, 4.69) is 25.7 Å². The van der Waals surface area contributed by atoms with Gasteiger partial charge in [0.25, 0.3) is 0 Å². The van der Waals surface area contributed by atoms with Crippen molar-refractivity contribution in [2.24, 2.45) is 4.99 Å². The number of rotatable bonds is 4. The zero-order chi connectivity index (χ0) is 18.5. The monoisotopic (exact) mass is 489 g/mol. The van der Waals surface area contributed by atoms with Crippen LogP contribution in [0.3, 0.4) is 0 Å². The third-order valence-electron chi connectivity index (χ3n) is 5.12. The zero-order valence-electron chi connectivity index (χ0n) is 16.6. The molecule has 1 aliphatic carbocycles. The van der Waals surface area contributed by atoms with Gasteiger partial charge in [0.2, 0.25) is 5.91 Å². The molecule has 1 aromatic heterocycles. The Labute approximate surface area is 178 Å². The molecule has 2 heterocycles. The smallest absolute Gasteiger partial charge is 0.243 e. The summed E-state index contributed by atoms with van der Waals surface area (Å²) in [5.41, 5.74) is 0. The summed E-state index contributed by atoms with van der Waals surface area (Å²) in [6.45, 7) is 2.87. The minimum absolute atomic E-state index is 0. The molecular formula is C18H32IN7O. The van der Waals surface area contributed by atoms with Crippen LogP contribution in [-0.4, -0.2) is 64.3 Å². The van der Waals surface area contributed by atoms with Gasteiger partial charge in [0, 0.05) is 32.6 Å². The first-order valence-corrected chi connectivity index (χ1v) is 9.69. The third-order valence-corrected chi connectivity index (χ3v) is 5.12. The maximum Gasteiger partial charge on any atom is 0.243 e. The second kappa shape index (κ2) is 10.2. The Hall–Kier alpha value is -1.39. The topological polar surface area (TPSA) is 87.4 Å². The summed E-state index contributed by atoms with van der Waals surface area (Å²) < 4.78 is 1.99. The van der Waals surface area contributed by atoms with Gasteiger partial charge in [-0.2, -0.15) is 5.10 Å². The number of fused-ring (bicyclic) bond motifs is 1. The Balaban J connectivity index is 0.00000261. The van der Waals surface area contributed by atoms with E-state index in [-0.39, 0.29) is 42.5 Å². The highest BCUT2D eigenvalue weighted by Gasteiger charge is 2.23. The maximum atomic E-state index is 11.9. The first kappa shape index (κ1) is 21.9. The van der Waals surface area contributed by atoms with E-state index in [1.165, 1.54) is 32.1 Å². The molecule has 0 aromatic carbocycles. The Morgan fingerprint density at radius 3 is 2.59 bits per heavy atom. The van der Waals surface area contributed by atoms with E-state index in [4.69, 9.17) is 0 Å². The van der Waals surface area contributed by atoms with E-state index in [1.807, 2.05) is 11.6 Å². The number of nitrogens with zero attached hydrogens (tertiary/aromatic N) is 5. The van der Waals surface area contributed by atoms with Crippen molar-refractivity contribution in [1.29, 1.82) is 0 Å². The lowest BCUT2D eigenvalue weighted by Gasteiger charge is -2.29. The van der Waals surface area contributed by atoms with Gasteiger partial charge in [-0.05, 0) is 26.2 Å². The number of hydrogen-bond donors (Lipinski definition) is 2. The number of aliphatic imine (C=N–C) groups is 1. The van der Waals surface area contributed by atoms with Crippen molar-refractivity contribution in [3.63, 3.8) is 0 Å². The Morgan fingerprint density at radius 1 is 1.19 bits per heavy atom. The molecule has 1 atom stereocenters. The first-order valence-electron chi connectivity index (χ1n) is 9.69. The molecule has 0 saturated heterocycles. The number of hydrogen-bond acceptors (Lipinski definition) is 4. The Morgan fingerprint density at radius 2 is 1.89 bits per heavy atom. The summed E-state index contributed by atoms with van der Waals surface area (Å²) in [5.74, 6) is 2.64. The van der Waals surface area contributed by atoms with E-state index < -0.39 is 0 Å². The summed E-state index contributed by atoms with van der Waals surface area (Å²) in [6, 6.07) is 0.685. The van der Waals surface area contributed by atoms with E-state index in [0.29, 0.717) is 6.04 Å². The van der Waals surface area contributed by atoms with E-state index in [0.717, 1.165) is 37.0 Å². The van der Waals surface area contributed by atoms with Crippen LogP contribution >= 0.6 is 24.0 Å². The Bertz CT molecular complexity index is 652. The SMILES string of the molecule is Cc1nc2n(n1)CC(NC(=NCC(=O)N(C)C)NC1CCCCC1)CC2.I. The molecule has 27 heavy (non-hydrogen) atoms. The second-order valence-electron chi connectivity index (χ2n) is 7.57. The van der Waals surface area contributed by atoms with Gasteiger partial charge in [-0.3, -0.25) is 4.79 Å². The number of nitrogens with one attached hydrogen (secondary N) is 2. The van der Waals surface area contributed by atoms with Crippen LogP contribution in [0.4, 0.5) is 0 Å². The molecule has 0 bridgehead atoms. The number of aromatic nitrogens is 3. The number of likely N-dealkylation sites (N-methyl/N-ethyl adjacent to an activating group) is 1. The van der Waals surface area contributed by atoms with Crippen molar-refractivity contribution >= 4 is 35.8 Å². The van der Waals surface area contributed by atoms with Gasteiger partial charge < -0.3 is 15.5 Å². The highest BCUT2D eigenvalue weighted by Crippen LogP contribution is 2.17. The highest BCUT2D eigenvalue weighted by molar-refractivity contribution is 14.0. The van der Waals surface area contributed by atoms with Crippen molar-refractivity contribution in [2.75, 3.05) is 20.6 Å². The van der Waals surface area contributed by atoms with Crippen LogP contribution in [0.15, 0.2) is 4.99 Å². The second-order valence-corrected chi connectivity index (χ2v) is 7.57. The van der Waals surface area contributed by atoms with Crippen molar-refractivity contribution in [2.45, 2.75) is 70.5 Å². The summed E-state index contributed by atoms with van der Waals surface area (Å²) >= 11 is 0. The number of guanidine groups is 1. The quantitative estimate of drug-likeness (QED) is 0.380. The van der Waals surface area contributed by atoms with Gasteiger partial charge in [0.05, 0.1) is 6.54 Å². The molecule has 2 aliphatic rings.